The van der Waals surface area contributed by atoms with E-state index in [4.69, 9.17) is 4.74 Å². The van der Waals surface area contributed by atoms with E-state index in [0.29, 0.717) is 0 Å². The SMILES string of the molecule is CC(C)(C)OC(=O)N1CCN(CC2CC2)CC1. The number of carbonyl (C=O) groups excluding carboxylic acids is 1. The Bertz CT molecular complexity index is 274. The lowest BCUT2D eigenvalue weighted by atomic mass is 10.2. The third-order valence-corrected chi connectivity index (χ3v) is 3.24. The molecule has 1 heterocycles. The van der Waals surface area contributed by atoms with Crippen LogP contribution in [-0.4, -0.2) is 54.2 Å². The number of rotatable bonds is 2. The van der Waals surface area contributed by atoms with Crippen LogP contribution in [0.2, 0.25) is 0 Å². The lowest BCUT2D eigenvalue weighted by Crippen LogP contribution is -2.50. The maximum Gasteiger partial charge on any atom is 0.410 e. The highest BCUT2D eigenvalue weighted by atomic mass is 16.6. The molecule has 1 aliphatic heterocycles. The zero-order valence-corrected chi connectivity index (χ0v) is 11.2. The van der Waals surface area contributed by atoms with E-state index in [1.165, 1.54) is 19.4 Å². The molecule has 2 aliphatic rings. The standard InChI is InChI=1S/C13H24N2O2/c1-13(2,3)17-12(16)15-8-6-14(7-9-15)10-11-4-5-11/h11H,4-10H2,1-3H3. The maximum atomic E-state index is 11.8. The van der Waals surface area contributed by atoms with Crippen LogP contribution >= 0.6 is 0 Å². The van der Waals surface area contributed by atoms with Gasteiger partial charge in [-0.15, -0.1) is 0 Å². The molecule has 0 spiro atoms. The summed E-state index contributed by atoms with van der Waals surface area (Å²) in [6.07, 6.45) is 2.63. The fourth-order valence-corrected chi connectivity index (χ4v) is 2.11. The van der Waals surface area contributed by atoms with E-state index in [9.17, 15) is 4.79 Å². The van der Waals surface area contributed by atoms with E-state index in [1.807, 2.05) is 25.7 Å². The molecule has 4 heteroatoms. The molecule has 98 valence electrons. The van der Waals surface area contributed by atoms with Crippen molar-refractivity contribution in [1.82, 2.24) is 9.80 Å². The summed E-state index contributed by atoms with van der Waals surface area (Å²) in [7, 11) is 0. The lowest BCUT2D eigenvalue weighted by molar-refractivity contribution is 0.0142. The van der Waals surface area contributed by atoms with Gasteiger partial charge in [-0.2, -0.15) is 0 Å². The molecular formula is C13H24N2O2. The van der Waals surface area contributed by atoms with Gasteiger partial charge in [0.05, 0.1) is 0 Å². The highest BCUT2D eigenvalue weighted by molar-refractivity contribution is 5.68. The summed E-state index contributed by atoms with van der Waals surface area (Å²) in [5.74, 6) is 0.933. The highest BCUT2D eigenvalue weighted by Crippen LogP contribution is 2.29. The Morgan fingerprint density at radius 1 is 1.18 bits per heavy atom. The second-order valence-corrected chi connectivity index (χ2v) is 6.21. The molecule has 0 radical (unpaired) electrons. The first-order chi connectivity index (χ1) is 7.94. The Kier molecular flexibility index (Phi) is 3.61. The van der Waals surface area contributed by atoms with Crippen LogP contribution in [0.1, 0.15) is 33.6 Å². The first kappa shape index (κ1) is 12.7. The van der Waals surface area contributed by atoms with Crippen LogP contribution in [0.15, 0.2) is 0 Å². The quantitative estimate of drug-likeness (QED) is 0.739. The minimum absolute atomic E-state index is 0.163. The first-order valence-electron chi connectivity index (χ1n) is 6.64. The van der Waals surface area contributed by atoms with Crippen molar-refractivity contribution in [3.05, 3.63) is 0 Å². The predicted octanol–water partition coefficient (Wildman–Crippen LogP) is 1.95. The van der Waals surface area contributed by atoms with Crippen molar-refractivity contribution < 1.29 is 9.53 Å². The van der Waals surface area contributed by atoms with E-state index < -0.39 is 0 Å². The van der Waals surface area contributed by atoms with Crippen LogP contribution in [-0.2, 0) is 4.74 Å². The molecule has 0 bridgehead atoms. The Labute approximate surface area is 104 Å². The summed E-state index contributed by atoms with van der Waals surface area (Å²) in [5, 5.41) is 0. The van der Waals surface area contributed by atoms with Crippen LogP contribution in [0.25, 0.3) is 0 Å². The molecule has 0 N–H and O–H groups in total. The van der Waals surface area contributed by atoms with Gasteiger partial charge in [-0.25, -0.2) is 4.79 Å². The smallest absolute Gasteiger partial charge is 0.410 e. The number of hydrogen-bond acceptors (Lipinski definition) is 3. The van der Waals surface area contributed by atoms with Gasteiger partial charge in [0.15, 0.2) is 0 Å². The Hall–Kier alpha value is -0.770. The number of ether oxygens (including phenoxy) is 1. The third-order valence-electron chi connectivity index (χ3n) is 3.24. The minimum atomic E-state index is -0.387. The van der Waals surface area contributed by atoms with Crippen molar-refractivity contribution in [2.24, 2.45) is 5.92 Å². The Balaban J connectivity index is 1.72. The molecule has 4 nitrogen and oxygen atoms in total. The van der Waals surface area contributed by atoms with Crippen molar-refractivity contribution in [3.63, 3.8) is 0 Å². The number of amides is 1. The van der Waals surface area contributed by atoms with Gasteiger partial charge in [0.25, 0.3) is 0 Å². The zero-order valence-electron chi connectivity index (χ0n) is 11.2. The molecule has 1 saturated heterocycles. The first-order valence-corrected chi connectivity index (χ1v) is 6.64. The normalized spacial score (nSPS) is 22.6. The Morgan fingerprint density at radius 2 is 1.76 bits per heavy atom. The molecule has 0 unspecified atom stereocenters. The van der Waals surface area contributed by atoms with Gasteiger partial charge in [0.2, 0.25) is 0 Å². The minimum Gasteiger partial charge on any atom is -0.444 e. The molecule has 2 fully saturated rings. The average Bonchev–Trinajstić information content (AvgIpc) is 3.00. The topological polar surface area (TPSA) is 32.8 Å². The fraction of sp³-hybridized carbons (Fsp3) is 0.923. The molecule has 0 aromatic rings. The molecule has 2 rings (SSSR count). The Morgan fingerprint density at radius 3 is 2.24 bits per heavy atom. The molecule has 1 amide bonds. The van der Waals surface area contributed by atoms with Crippen LogP contribution < -0.4 is 0 Å². The van der Waals surface area contributed by atoms with Crippen molar-refractivity contribution in [1.29, 1.82) is 0 Å². The molecular weight excluding hydrogens is 216 g/mol. The van der Waals surface area contributed by atoms with Gasteiger partial charge in [-0.05, 0) is 39.5 Å². The molecule has 1 aliphatic carbocycles. The lowest BCUT2D eigenvalue weighted by Gasteiger charge is -2.35. The van der Waals surface area contributed by atoms with Crippen molar-refractivity contribution in [2.75, 3.05) is 32.7 Å². The van der Waals surface area contributed by atoms with Crippen LogP contribution in [0.5, 0.6) is 0 Å². The predicted molar refractivity (Wildman–Crippen MR) is 67.0 cm³/mol. The summed E-state index contributed by atoms with van der Waals surface area (Å²) in [5.41, 5.74) is -0.387. The molecule has 0 atom stereocenters. The largest absolute Gasteiger partial charge is 0.444 e. The van der Waals surface area contributed by atoms with Crippen molar-refractivity contribution >= 4 is 6.09 Å². The molecule has 0 aromatic heterocycles. The average molecular weight is 240 g/mol. The van der Waals surface area contributed by atoms with Gasteiger partial charge in [0, 0.05) is 32.7 Å². The van der Waals surface area contributed by atoms with Gasteiger partial charge in [0.1, 0.15) is 5.60 Å². The van der Waals surface area contributed by atoms with E-state index in [2.05, 4.69) is 4.90 Å². The summed E-state index contributed by atoms with van der Waals surface area (Å²) in [6, 6.07) is 0. The van der Waals surface area contributed by atoms with E-state index >= 15 is 0 Å². The second-order valence-electron chi connectivity index (χ2n) is 6.21. The van der Waals surface area contributed by atoms with Crippen LogP contribution in [0, 0.1) is 5.92 Å². The number of nitrogens with zero attached hydrogens (tertiary/aromatic N) is 2. The van der Waals surface area contributed by atoms with Crippen molar-refractivity contribution in [3.8, 4) is 0 Å². The second kappa shape index (κ2) is 4.84. The summed E-state index contributed by atoms with van der Waals surface area (Å²) in [6.45, 7) is 10.6. The van der Waals surface area contributed by atoms with Gasteiger partial charge >= 0.3 is 6.09 Å². The monoisotopic (exact) mass is 240 g/mol. The number of piperazine rings is 1. The highest BCUT2D eigenvalue weighted by Gasteiger charge is 2.29. The molecule has 17 heavy (non-hydrogen) atoms. The fourth-order valence-electron chi connectivity index (χ4n) is 2.11. The number of carbonyl (C=O) groups is 1. The molecule has 0 aromatic carbocycles. The van der Waals surface area contributed by atoms with Gasteiger partial charge in [-0.1, -0.05) is 0 Å². The van der Waals surface area contributed by atoms with Crippen molar-refractivity contribution in [2.45, 2.75) is 39.2 Å². The summed E-state index contributed by atoms with van der Waals surface area (Å²) in [4.78, 5) is 16.1. The van der Waals surface area contributed by atoms with Crippen LogP contribution in [0.4, 0.5) is 4.79 Å². The molecule has 1 saturated carbocycles. The van der Waals surface area contributed by atoms with E-state index in [1.54, 1.807) is 0 Å². The van der Waals surface area contributed by atoms with E-state index in [-0.39, 0.29) is 11.7 Å². The summed E-state index contributed by atoms with van der Waals surface area (Å²) >= 11 is 0. The van der Waals surface area contributed by atoms with Crippen LogP contribution in [0.3, 0.4) is 0 Å². The van der Waals surface area contributed by atoms with Gasteiger partial charge in [-0.3, -0.25) is 4.90 Å². The maximum absolute atomic E-state index is 11.8. The summed E-state index contributed by atoms with van der Waals surface area (Å²) < 4.78 is 5.37. The van der Waals surface area contributed by atoms with E-state index in [0.717, 1.165) is 32.1 Å². The zero-order chi connectivity index (χ0) is 12.5. The number of hydrogen-bond donors (Lipinski definition) is 0. The van der Waals surface area contributed by atoms with Gasteiger partial charge < -0.3 is 9.64 Å². The third kappa shape index (κ3) is 4.19.